The lowest BCUT2D eigenvalue weighted by molar-refractivity contribution is 0.298. The predicted molar refractivity (Wildman–Crippen MR) is 101 cm³/mol. The third-order valence-corrected chi connectivity index (χ3v) is 6.90. The van der Waals surface area contributed by atoms with Gasteiger partial charge in [-0.15, -0.1) is 0 Å². The molecule has 0 bridgehead atoms. The van der Waals surface area contributed by atoms with Gasteiger partial charge in [-0.05, 0) is 37.5 Å². The molecule has 0 radical (unpaired) electrons. The molecule has 3 rings (SSSR count). The van der Waals surface area contributed by atoms with Crippen molar-refractivity contribution in [1.82, 2.24) is 4.31 Å². The molecule has 5 nitrogen and oxygen atoms in total. The number of hydrogen-bond donors (Lipinski definition) is 0. The molecule has 1 heterocycles. The molecule has 0 aromatic heterocycles. The number of benzene rings is 1. The first-order chi connectivity index (χ1) is 11.9. The zero-order valence-corrected chi connectivity index (χ0v) is 15.9. The van der Waals surface area contributed by atoms with Crippen molar-refractivity contribution in [1.29, 1.82) is 0 Å². The Labute approximate surface area is 150 Å². The van der Waals surface area contributed by atoms with Crippen molar-refractivity contribution >= 4 is 15.7 Å². The van der Waals surface area contributed by atoms with Gasteiger partial charge < -0.3 is 9.64 Å². The van der Waals surface area contributed by atoms with Crippen LogP contribution in [0.5, 0.6) is 0 Å². The van der Waals surface area contributed by atoms with E-state index in [1.807, 2.05) is 13.0 Å². The van der Waals surface area contributed by atoms with Gasteiger partial charge in [-0.1, -0.05) is 30.7 Å². The summed E-state index contributed by atoms with van der Waals surface area (Å²) in [5.41, 5.74) is 2.37. The molecule has 1 aliphatic carbocycles. The average Bonchev–Trinajstić information content (AvgIpc) is 2.62. The van der Waals surface area contributed by atoms with Crippen LogP contribution >= 0.6 is 0 Å². The van der Waals surface area contributed by atoms with E-state index in [2.05, 4.69) is 36.1 Å². The van der Waals surface area contributed by atoms with Gasteiger partial charge in [0.2, 0.25) is 10.0 Å². The molecule has 1 unspecified atom stereocenters. The molecular formula is C19H26N2O3S. The number of anilines is 1. The van der Waals surface area contributed by atoms with Gasteiger partial charge in [0.15, 0.2) is 0 Å². The van der Waals surface area contributed by atoms with E-state index < -0.39 is 10.0 Å². The van der Waals surface area contributed by atoms with E-state index in [-0.39, 0.29) is 5.92 Å². The molecule has 1 aromatic rings. The molecule has 0 spiro atoms. The van der Waals surface area contributed by atoms with Crippen molar-refractivity contribution in [3.63, 3.8) is 0 Å². The summed E-state index contributed by atoms with van der Waals surface area (Å²) < 4.78 is 33.1. The number of sulfonamides is 1. The van der Waals surface area contributed by atoms with Crippen LogP contribution in [0.2, 0.25) is 0 Å². The number of nitrogens with zero attached hydrogens (tertiary/aromatic N) is 2. The quantitative estimate of drug-likeness (QED) is 0.826. The van der Waals surface area contributed by atoms with Crippen molar-refractivity contribution in [2.24, 2.45) is 5.92 Å². The molecule has 0 amide bonds. The highest BCUT2D eigenvalue weighted by Gasteiger charge is 2.34. The van der Waals surface area contributed by atoms with Crippen molar-refractivity contribution in [3.05, 3.63) is 52.6 Å². The third-order valence-electron chi connectivity index (χ3n) is 4.87. The number of hydrogen-bond acceptors (Lipinski definition) is 4. The highest BCUT2D eigenvalue weighted by molar-refractivity contribution is 7.93. The van der Waals surface area contributed by atoms with Crippen LogP contribution in [0.15, 0.2) is 47.1 Å². The summed E-state index contributed by atoms with van der Waals surface area (Å²) in [6.45, 7) is 6.47. The number of methoxy groups -OCH3 is 1. The molecule has 1 atom stereocenters. The van der Waals surface area contributed by atoms with Crippen LogP contribution < -0.4 is 4.90 Å². The fourth-order valence-electron chi connectivity index (χ4n) is 3.32. The Morgan fingerprint density at radius 2 is 1.72 bits per heavy atom. The van der Waals surface area contributed by atoms with Gasteiger partial charge in [-0.25, -0.2) is 8.42 Å². The number of rotatable bonds is 4. The Kier molecular flexibility index (Phi) is 5.20. The summed E-state index contributed by atoms with van der Waals surface area (Å²) in [5.74, 6) is 0.677. The Balaban J connectivity index is 1.74. The molecule has 0 saturated carbocycles. The molecule has 0 N–H and O–H groups in total. The van der Waals surface area contributed by atoms with Crippen LogP contribution in [0, 0.1) is 12.8 Å². The monoisotopic (exact) mass is 362 g/mol. The van der Waals surface area contributed by atoms with E-state index in [9.17, 15) is 8.42 Å². The summed E-state index contributed by atoms with van der Waals surface area (Å²) >= 11 is 0. The standard InChI is InChI=1S/C19H26N2O3S/c1-15-4-7-17(8-5-15)20-10-12-21(13-11-20)25(22,23)19-14-16(2)6-9-18(19)24-3/h4-9,16H,10-14H2,1-3H3. The summed E-state index contributed by atoms with van der Waals surface area (Å²) in [6, 6.07) is 8.37. The second kappa shape index (κ2) is 7.22. The Morgan fingerprint density at radius 3 is 2.32 bits per heavy atom. The maximum Gasteiger partial charge on any atom is 0.243 e. The molecular weight excluding hydrogens is 336 g/mol. The van der Waals surface area contributed by atoms with E-state index in [4.69, 9.17) is 4.74 Å². The normalized spacial score (nSPS) is 22.4. The van der Waals surface area contributed by atoms with E-state index in [0.29, 0.717) is 43.3 Å². The van der Waals surface area contributed by atoms with Crippen molar-refractivity contribution in [2.75, 3.05) is 38.2 Å². The summed E-state index contributed by atoms with van der Waals surface area (Å²) in [7, 11) is -1.95. The van der Waals surface area contributed by atoms with Crippen LogP contribution in [-0.2, 0) is 14.8 Å². The third kappa shape index (κ3) is 3.75. The summed E-state index contributed by atoms with van der Waals surface area (Å²) in [5, 5.41) is 0. The lowest BCUT2D eigenvalue weighted by Gasteiger charge is -2.36. The zero-order chi connectivity index (χ0) is 18.0. The lowest BCUT2D eigenvalue weighted by atomic mass is 10.0. The number of aryl methyl sites for hydroxylation is 1. The molecule has 136 valence electrons. The fraction of sp³-hybridized carbons (Fsp3) is 0.474. The second-order valence-electron chi connectivity index (χ2n) is 6.76. The Bertz CT molecular complexity index is 773. The maximum atomic E-state index is 13.1. The highest BCUT2D eigenvalue weighted by Crippen LogP contribution is 2.31. The molecule has 25 heavy (non-hydrogen) atoms. The van der Waals surface area contributed by atoms with Crippen molar-refractivity contribution in [3.8, 4) is 0 Å². The van der Waals surface area contributed by atoms with Gasteiger partial charge in [0.05, 0.1) is 7.11 Å². The van der Waals surface area contributed by atoms with Crippen LogP contribution in [0.25, 0.3) is 0 Å². The molecule has 1 aromatic carbocycles. The SMILES string of the molecule is COC1=C(S(=O)(=O)N2CCN(c3ccc(C)cc3)CC2)CC(C)C=C1. The Hall–Kier alpha value is -1.79. The lowest BCUT2D eigenvalue weighted by Crippen LogP contribution is -2.49. The van der Waals surface area contributed by atoms with Crippen LogP contribution in [0.1, 0.15) is 18.9 Å². The number of allylic oxidation sites excluding steroid dienone is 3. The van der Waals surface area contributed by atoms with E-state index in [0.717, 1.165) is 5.69 Å². The molecule has 1 fully saturated rings. The summed E-state index contributed by atoms with van der Waals surface area (Å²) in [4.78, 5) is 2.65. The highest BCUT2D eigenvalue weighted by atomic mass is 32.2. The van der Waals surface area contributed by atoms with E-state index >= 15 is 0 Å². The maximum absolute atomic E-state index is 13.1. The minimum Gasteiger partial charge on any atom is -0.496 e. The molecule has 1 aliphatic heterocycles. The first-order valence-electron chi connectivity index (χ1n) is 8.69. The number of ether oxygens (including phenoxy) is 1. The fourth-order valence-corrected chi connectivity index (χ4v) is 5.15. The minimum atomic E-state index is -3.48. The average molecular weight is 362 g/mol. The van der Waals surface area contributed by atoms with E-state index in [1.165, 1.54) is 12.7 Å². The smallest absolute Gasteiger partial charge is 0.243 e. The minimum absolute atomic E-state index is 0.206. The van der Waals surface area contributed by atoms with Crippen molar-refractivity contribution in [2.45, 2.75) is 20.3 Å². The van der Waals surface area contributed by atoms with Gasteiger partial charge >= 0.3 is 0 Å². The predicted octanol–water partition coefficient (Wildman–Crippen LogP) is 2.90. The van der Waals surface area contributed by atoms with Gasteiger partial charge in [-0.2, -0.15) is 4.31 Å². The summed E-state index contributed by atoms with van der Waals surface area (Å²) in [6.07, 6.45) is 4.27. The van der Waals surface area contributed by atoms with Crippen LogP contribution in [0.4, 0.5) is 5.69 Å². The Morgan fingerprint density at radius 1 is 1.08 bits per heavy atom. The second-order valence-corrected chi connectivity index (χ2v) is 8.72. The molecule has 6 heteroatoms. The van der Waals surface area contributed by atoms with Gasteiger partial charge in [0.25, 0.3) is 0 Å². The van der Waals surface area contributed by atoms with Gasteiger partial charge in [-0.3, -0.25) is 0 Å². The topological polar surface area (TPSA) is 49.9 Å². The van der Waals surface area contributed by atoms with Crippen LogP contribution in [0.3, 0.4) is 0 Å². The van der Waals surface area contributed by atoms with Gasteiger partial charge in [0, 0.05) is 31.9 Å². The van der Waals surface area contributed by atoms with Crippen LogP contribution in [-0.4, -0.2) is 46.0 Å². The molecule has 1 saturated heterocycles. The van der Waals surface area contributed by atoms with E-state index in [1.54, 1.807) is 10.4 Å². The zero-order valence-electron chi connectivity index (χ0n) is 15.1. The first kappa shape index (κ1) is 18.0. The van der Waals surface area contributed by atoms with Crippen molar-refractivity contribution < 1.29 is 13.2 Å². The molecule has 2 aliphatic rings. The van der Waals surface area contributed by atoms with Gasteiger partial charge in [0.1, 0.15) is 10.7 Å². The number of piperazine rings is 1. The first-order valence-corrected chi connectivity index (χ1v) is 10.1. The largest absolute Gasteiger partial charge is 0.496 e.